The van der Waals surface area contributed by atoms with Crippen LogP contribution in [0.4, 0.5) is 4.79 Å². The van der Waals surface area contributed by atoms with Crippen molar-refractivity contribution in [2.24, 2.45) is 7.05 Å². The molecule has 0 spiro atoms. The highest BCUT2D eigenvalue weighted by Crippen LogP contribution is 2.35. The smallest absolute Gasteiger partial charge is 0.411 e. The summed E-state index contributed by atoms with van der Waals surface area (Å²) in [6, 6.07) is -0.788. The minimum atomic E-state index is -0.788. The number of hydrogen-bond donors (Lipinski definition) is 0. The SMILES string of the molecule is CCOC(=O)C1c2cnn(C)c2CN1C(=O)OC(C)(C)C. The fraction of sp³-hybridized carbons (Fsp3) is 0.643. The number of carbonyl (C=O) groups excluding carboxylic acids is 2. The van der Waals surface area contributed by atoms with E-state index in [1.165, 1.54) is 4.90 Å². The van der Waals surface area contributed by atoms with Crippen LogP contribution in [0.1, 0.15) is 45.0 Å². The van der Waals surface area contributed by atoms with E-state index >= 15 is 0 Å². The molecule has 0 saturated heterocycles. The van der Waals surface area contributed by atoms with Gasteiger partial charge < -0.3 is 9.47 Å². The Labute approximate surface area is 123 Å². The molecule has 116 valence electrons. The first-order valence-corrected chi connectivity index (χ1v) is 6.91. The summed E-state index contributed by atoms with van der Waals surface area (Å²) in [7, 11) is 1.78. The molecule has 1 unspecified atom stereocenters. The summed E-state index contributed by atoms with van der Waals surface area (Å²) in [4.78, 5) is 25.9. The van der Waals surface area contributed by atoms with E-state index in [-0.39, 0.29) is 13.2 Å². The van der Waals surface area contributed by atoms with Gasteiger partial charge in [-0.1, -0.05) is 0 Å². The van der Waals surface area contributed by atoms with Crippen molar-refractivity contribution < 1.29 is 19.1 Å². The lowest BCUT2D eigenvalue weighted by Gasteiger charge is -2.27. The van der Waals surface area contributed by atoms with E-state index in [0.29, 0.717) is 5.56 Å². The first-order valence-electron chi connectivity index (χ1n) is 6.91. The number of rotatable bonds is 2. The third-order valence-electron chi connectivity index (χ3n) is 3.16. The Hall–Kier alpha value is -2.05. The molecule has 21 heavy (non-hydrogen) atoms. The van der Waals surface area contributed by atoms with Gasteiger partial charge in [0.05, 0.1) is 25.0 Å². The van der Waals surface area contributed by atoms with Gasteiger partial charge in [0.25, 0.3) is 0 Å². The lowest BCUT2D eigenvalue weighted by Crippen LogP contribution is -2.39. The zero-order chi connectivity index (χ0) is 15.8. The molecular formula is C14H21N3O4. The number of amides is 1. The Morgan fingerprint density at radius 2 is 2.10 bits per heavy atom. The zero-order valence-corrected chi connectivity index (χ0v) is 13.0. The van der Waals surface area contributed by atoms with Crippen molar-refractivity contribution >= 4 is 12.1 Å². The Morgan fingerprint density at radius 1 is 1.43 bits per heavy atom. The molecule has 0 aliphatic carbocycles. The molecule has 0 aromatic carbocycles. The Balaban J connectivity index is 2.29. The van der Waals surface area contributed by atoms with Crippen LogP contribution in [0.25, 0.3) is 0 Å². The summed E-state index contributed by atoms with van der Waals surface area (Å²) >= 11 is 0. The van der Waals surface area contributed by atoms with E-state index in [9.17, 15) is 9.59 Å². The van der Waals surface area contributed by atoms with Gasteiger partial charge in [-0.25, -0.2) is 9.59 Å². The van der Waals surface area contributed by atoms with Gasteiger partial charge in [-0.2, -0.15) is 5.10 Å². The summed E-state index contributed by atoms with van der Waals surface area (Å²) in [5.74, 6) is -0.463. The van der Waals surface area contributed by atoms with Crippen molar-refractivity contribution in [3.8, 4) is 0 Å². The van der Waals surface area contributed by atoms with Crippen LogP contribution in [0.5, 0.6) is 0 Å². The van der Waals surface area contributed by atoms with Crippen molar-refractivity contribution in [3.05, 3.63) is 17.5 Å². The lowest BCUT2D eigenvalue weighted by atomic mass is 10.1. The molecule has 2 rings (SSSR count). The second-order valence-corrected chi connectivity index (χ2v) is 5.93. The minimum Gasteiger partial charge on any atom is -0.464 e. The van der Waals surface area contributed by atoms with E-state index in [1.54, 1.807) is 45.6 Å². The Morgan fingerprint density at radius 3 is 2.67 bits per heavy atom. The number of ether oxygens (including phenoxy) is 2. The summed E-state index contributed by atoms with van der Waals surface area (Å²) in [6.07, 6.45) is 1.07. The molecule has 0 fully saturated rings. The largest absolute Gasteiger partial charge is 0.464 e. The maximum Gasteiger partial charge on any atom is 0.411 e. The van der Waals surface area contributed by atoms with Crippen LogP contribution in [0.3, 0.4) is 0 Å². The maximum atomic E-state index is 12.3. The number of esters is 1. The molecule has 0 N–H and O–H groups in total. The summed E-state index contributed by atoms with van der Waals surface area (Å²) in [5.41, 5.74) is 0.893. The molecule has 0 saturated carbocycles. The van der Waals surface area contributed by atoms with Crippen molar-refractivity contribution in [2.75, 3.05) is 6.61 Å². The maximum absolute atomic E-state index is 12.3. The monoisotopic (exact) mass is 295 g/mol. The fourth-order valence-corrected chi connectivity index (χ4v) is 2.29. The van der Waals surface area contributed by atoms with E-state index in [0.717, 1.165) is 5.69 Å². The van der Waals surface area contributed by atoms with Crippen LogP contribution in [0.2, 0.25) is 0 Å². The van der Waals surface area contributed by atoms with Crippen molar-refractivity contribution in [3.63, 3.8) is 0 Å². The van der Waals surface area contributed by atoms with Gasteiger partial charge in [0.15, 0.2) is 6.04 Å². The van der Waals surface area contributed by atoms with Gasteiger partial charge in [-0.05, 0) is 27.7 Å². The quantitative estimate of drug-likeness (QED) is 0.777. The second kappa shape index (κ2) is 5.38. The van der Waals surface area contributed by atoms with Crippen molar-refractivity contribution in [2.45, 2.75) is 45.9 Å². The highest BCUT2D eigenvalue weighted by Gasteiger charge is 2.43. The molecule has 7 nitrogen and oxygen atoms in total. The molecule has 1 aliphatic heterocycles. The first-order chi connectivity index (χ1) is 9.74. The second-order valence-electron chi connectivity index (χ2n) is 5.93. The zero-order valence-electron chi connectivity index (χ0n) is 13.0. The van der Waals surface area contributed by atoms with Crippen LogP contribution >= 0.6 is 0 Å². The van der Waals surface area contributed by atoms with Crippen molar-refractivity contribution in [1.82, 2.24) is 14.7 Å². The Bertz CT molecular complexity index is 559. The topological polar surface area (TPSA) is 73.7 Å². The van der Waals surface area contributed by atoms with Gasteiger partial charge in [0.1, 0.15) is 5.60 Å². The highest BCUT2D eigenvalue weighted by molar-refractivity contribution is 5.84. The number of hydrogen-bond acceptors (Lipinski definition) is 5. The fourth-order valence-electron chi connectivity index (χ4n) is 2.29. The number of aryl methyl sites for hydroxylation is 1. The van der Waals surface area contributed by atoms with Crippen LogP contribution in [0.15, 0.2) is 6.20 Å². The predicted octanol–water partition coefficient (Wildman–Crippen LogP) is 1.78. The standard InChI is InChI=1S/C14H21N3O4/c1-6-20-12(18)11-9-7-15-16(5)10(9)8-17(11)13(19)21-14(2,3)4/h7,11H,6,8H2,1-5H3. The predicted molar refractivity (Wildman–Crippen MR) is 74.4 cm³/mol. The van der Waals surface area contributed by atoms with E-state index in [1.807, 2.05) is 0 Å². The molecule has 2 heterocycles. The van der Waals surface area contributed by atoms with Crippen LogP contribution < -0.4 is 0 Å². The summed E-state index contributed by atoms with van der Waals surface area (Å²) in [6.45, 7) is 7.63. The third kappa shape index (κ3) is 3.01. The lowest BCUT2D eigenvalue weighted by molar-refractivity contribution is -0.149. The van der Waals surface area contributed by atoms with E-state index in [2.05, 4.69) is 5.10 Å². The molecule has 1 aromatic heterocycles. The van der Waals surface area contributed by atoms with Gasteiger partial charge in [0, 0.05) is 12.6 Å². The summed E-state index contributed by atoms with van der Waals surface area (Å²) < 4.78 is 12.1. The molecular weight excluding hydrogens is 274 g/mol. The van der Waals surface area contributed by atoms with Gasteiger partial charge in [-0.3, -0.25) is 9.58 Å². The average molecular weight is 295 g/mol. The van der Waals surface area contributed by atoms with Gasteiger partial charge in [-0.15, -0.1) is 0 Å². The van der Waals surface area contributed by atoms with Crippen LogP contribution in [-0.4, -0.2) is 39.0 Å². The normalized spacial score (nSPS) is 17.6. The first kappa shape index (κ1) is 15.3. The van der Waals surface area contributed by atoms with Gasteiger partial charge >= 0.3 is 12.1 Å². The van der Waals surface area contributed by atoms with E-state index < -0.39 is 23.7 Å². The molecule has 1 aromatic rings. The van der Waals surface area contributed by atoms with Gasteiger partial charge in [0.2, 0.25) is 0 Å². The molecule has 0 bridgehead atoms. The third-order valence-corrected chi connectivity index (χ3v) is 3.16. The molecule has 1 aliphatic rings. The van der Waals surface area contributed by atoms with Crippen LogP contribution in [-0.2, 0) is 27.9 Å². The van der Waals surface area contributed by atoms with E-state index in [4.69, 9.17) is 9.47 Å². The molecule has 1 amide bonds. The number of fused-ring (bicyclic) bond motifs is 1. The Kier molecular flexibility index (Phi) is 3.93. The summed E-state index contributed by atoms with van der Waals surface area (Å²) in [5, 5.41) is 4.13. The number of carbonyl (C=O) groups is 2. The number of nitrogens with zero attached hydrogens (tertiary/aromatic N) is 3. The molecule has 7 heteroatoms. The average Bonchev–Trinajstić information content (AvgIpc) is 2.88. The molecule has 0 radical (unpaired) electrons. The van der Waals surface area contributed by atoms with Crippen molar-refractivity contribution in [1.29, 1.82) is 0 Å². The van der Waals surface area contributed by atoms with Crippen LogP contribution in [0, 0.1) is 0 Å². The minimum absolute atomic E-state index is 0.257. The highest BCUT2D eigenvalue weighted by atomic mass is 16.6. The molecule has 1 atom stereocenters. The number of aromatic nitrogens is 2.